The number of carbonyl (C=O) groups excluding carboxylic acids is 2. The summed E-state index contributed by atoms with van der Waals surface area (Å²) in [5.41, 5.74) is 7.71. The lowest BCUT2D eigenvalue weighted by Gasteiger charge is -2.17. The predicted octanol–water partition coefficient (Wildman–Crippen LogP) is 1.25. The smallest absolute Gasteiger partial charge is 0.223 e. The number of benzene rings is 1. The Morgan fingerprint density at radius 1 is 1.29 bits per heavy atom. The number of ketones is 1. The van der Waals surface area contributed by atoms with Crippen LogP contribution >= 0.6 is 0 Å². The van der Waals surface area contributed by atoms with E-state index in [2.05, 4.69) is 5.32 Å². The van der Waals surface area contributed by atoms with Gasteiger partial charge in [0, 0.05) is 31.0 Å². The van der Waals surface area contributed by atoms with Crippen molar-refractivity contribution in [2.75, 3.05) is 29.5 Å². The molecule has 0 spiro atoms. The Balaban J connectivity index is 2.93. The summed E-state index contributed by atoms with van der Waals surface area (Å²) in [6.07, 6.45) is 0. The molecule has 5 nitrogen and oxygen atoms in total. The fourth-order valence-corrected chi connectivity index (χ4v) is 1.34. The van der Waals surface area contributed by atoms with Gasteiger partial charge in [0.2, 0.25) is 5.91 Å². The van der Waals surface area contributed by atoms with Crippen LogP contribution in [-0.2, 0) is 9.59 Å². The number of nitrogens with one attached hydrogen (secondary N) is 1. The second kappa shape index (κ2) is 5.34. The molecule has 0 unspecified atom stereocenters. The highest BCUT2D eigenvalue weighted by Crippen LogP contribution is 2.23. The van der Waals surface area contributed by atoms with E-state index in [1.807, 2.05) is 0 Å². The van der Waals surface area contributed by atoms with Gasteiger partial charge in [-0.15, -0.1) is 0 Å². The van der Waals surface area contributed by atoms with Crippen molar-refractivity contribution in [2.24, 2.45) is 0 Å². The molecule has 0 saturated heterocycles. The maximum atomic E-state index is 11.2. The number of amides is 1. The number of nitrogens with two attached hydrogens (primary N) is 1. The molecule has 0 saturated carbocycles. The lowest BCUT2D eigenvalue weighted by molar-refractivity contribution is -0.116. The van der Waals surface area contributed by atoms with Crippen LogP contribution in [0.5, 0.6) is 0 Å². The van der Waals surface area contributed by atoms with E-state index in [4.69, 9.17) is 5.73 Å². The molecule has 0 heterocycles. The van der Waals surface area contributed by atoms with Crippen molar-refractivity contribution < 1.29 is 9.59 Å². The SMILES string of the molecule is CC(=O)CNc1cc(N)cc(N(C)C(C)=O)c1. The van der Waals surface area contributed by atoms with Gasteiger partial charge in [-0.25, -0.2) is 0 Å². The fourth-order valence-electron chi connectivity index (χ4n) is 1.34. The Morgan fingerprint density at radius 2 is 1.94 bits per heavy atom. The largest absolute Gasteiger partial charge is 0.399 e. The van der Waals surface area contributed by atoms with Crippen molar-refractivity contribution in [1.29, 1.82) is 0 Å². The van der Waals surface area contributed by atoms with Gasteiger partial charge in [-0.05, 0) is 25.1 Å². The maximum absolute atomic E-state index is 11.2. The first-order valence-corrected chi connectivity index (χ1v) is 5.28. The highest BCUT2D eigenvalue weighted by atomic mass is 16.2. The second-order valence-corrected chi connectivity index (χ2v) is 3.95. The molecule has 0 aromatic heterocycles. The average Bonchev–Trinajstić information content (AvgIpc) is 2.24. The van der Waals surface area contributed by atoms with E-state index in [9.17, 15) is 9.59 Å². The number of carbonyl (C=O) groups is 2. The number of hydrogen-bond donors (Lipinski definition) is 2. The first-order chi connectivity index (χ1) is 7.90. The summed E-state index contributed by atoms with van der Waals surface area (Å²) in [6, 6.07) is 5.21. The molecule has 1 aromatic carbocycles. The van der Waals surface area contributed by atoms with Crippen LogP contribution < -0.4 is 16.0 Å². The molecule has 17 heavy (non-hydrogen) atoms. The van der Waals surface area contributed by atoms with Gasteiger partial charge in [0.25, 0.3) is 0 Å². The molecule has 3 N–H and O–H groups in total. The minimum Gasteiger partial charge on any atom is -0.399 e. The van der Waals surface area contributed by atoms with Gasteiger partial charge in [0.05, 0.1) is 6.54 Å². The Kier molecular flexibility index (Phi) is 4.09. The number of nitrogens with zero attached hydrogens (tertiary/aromatic N) is 1. The van der Waals surface area contributed by atoms with Crippen molar-refractivity contribution in [2.45, 2.75) is 13.8 Å². The van der Waals surface area contributed by atoms with Gasteiger partial charge in [-0.2, -0.15) is 0 Å². The standard InChI is InChI=1S/C12H17N3O2/c1-8(16)7-14-11-4-10(13)5-12(6-11)15(3)9(2)17/h4-6,14H,7,13H2,1-3H3. The zero-order valence-electron chi connectivity index (χ0n) is 10.3. The molecule has 1 aromatic rings. The van der Waals surface area contributed by atoms with Gasteiger partial charge in [-0.3, -0.25) is 9.59 Å². The third kappa shape index (κ3) is 3.79. The van der Waals surface area contributed by atoms with Crippen LogP contribution in [0.15, 0.2) is 18.2 Å². The molecule has 0 bridgehead atoms. The highest BCUT2D eigenvalue weighted by molar-refractivity contribution is 5.92. The van der Waals surface area contributed by atoms with Crippen molar-refractivity contribution in [3.05, 3.63) is 18.2 Å². The van der Waals surface area contributed by atoms with Gasteiger partial charge in [0.1, 0.15) is 5.78 Å². The summed E-state index contributed by atoms with van der Waals surface area (Å²) in [5.74, 6) is -0.0398. The monoisotopic (exact) mass is 235 g/mol. The van der Waals surface area contributed by atoms with Crippen LogP contribution in [0.25, 0.3) is 0 Å². The van der Waals surface area contributed by atoms with Gasteiger partial charge in [0.15, 0.2) is 0 Å². The quantitative estimate of drug-likeness (QED) is 0.770. The molecule has 0 atom stereocenters. The number of hydrogen-bond acceptors (Lipinski definition) is 4. The van der Waals surface area contributed by atoms with E-state index in [-0.39, 0.29) is 18.2 Å². The predicted molar refractivity (Wildman–Crippen MR) is 69.1 cm³/mol. The van der Waals surface area contributed by atoms with Crippen LogP contribution in [0.4, 0.5) is 17.1 Å². The Morgan fingerprint density at radius 3 is 2.47 bits per heavy atom. The Bertz CT molecular complexity index is 443. The van der Waals surface area contributed by atoms with E-state index < -0.39 is 0 Å². The molecule has 92 valence electrons. The molecule has 1 amide bonds. The summed E-state index contributed by atoms with van der Waals surface area (Å²) < 4.78 is 0. The lowest BCUT2D eigenvalue weighted by Crippen LogP contribution is -2.23. The van der Waals surface area contributed by atoms with Crippen molar-refractivity contribution in [1.82, 2.24) is 0 Å². The average molecular weight is 235 g/mol. The van der Waals surface area contributed by atoms with Crippen LogP contribution in [0.1, 0.15) is 13.8 Å². The topological polar surface area (TPSA) is 75.4 Å². The number of rotatable bonds is 4. The zero-order chi connectivity index (χ0) is 13.0. The van der Waals surface area contributed by atoms with E-state index >= 15 is 0 Å². The van der Waals surface area contributed by atoms with E-state index in [0.717, 1.165) is 5.69 Å². The summed E-state index contributed by atoms with van der Waals surface area (Å²) >= 11 is 0. The molecule has 0 aliphatic carbocycles. The highest BCUT2D eigenvalue weighted by Gasteiger charge is 2.07. The summed E-state index contributed by atoms with van der Waals surface area (Å²) in [7, 11) is 1.67. The normalized spacial score (nSPS) is 9.82. The van der Waals surface area contributed by atoms with Gasteiger partial charge >= 0.3 is 0 Å². The van der Waals surface area contributed by atoms with Gasteiger partial charge in [-0.1, -0.05) is 0 Å². The molecular weight excluding hydrogens is 218 g/mol. The van der Waals surface area contributed by atoms with Crippen LogP contribution in [0.3, 0.4) is 0 Å². The third-order valence-corrected chi connectivity index (χ3v) is 2.34. The molecule has 5 heteroatoms. The first-order valence-electron chi connectivity index (χ1n) is 5.28. The summed E-state index contributed by atoms with van der Waals surface area (Å²) in [6.45, 7) is 3.22. The number of Topliss-reactive ketones (excluding diaryl/α,β-unsaturated/α-hetero) is 1. The Hall–Kier alpha value is -2.04. The van der Waals surface area contributed by atoms with Crippen LogP contribution in [-0.4, -0.2) is 25.3 Å². The van der Waals surface area contributed by atoms with Crippen molar-refractivity contribution in [3.8, 4) is 0 Å². The molecule has 0 fully saturated rings. The first kappa shape index (κ1) is 13.0. The maximum Gasteiger partial charge on any atom is 0.223 e. The number of anilines is 3. The molecule has 0 aliphatic heterocycles. The van der Waals surface area contributed by atoms with E-state index in [1.165, 1.54) is 18.7 Å². The molecule has 1 rings (SSSR count). The molecular formula is C12H17N3O2. The summed E-state index contributed by atoms with van der Waals surface area (Å²) in [5, 5.41) is 2.95. The van der Waals surface area contributed by atoms with Crippen LogP contribution in [0, 0.1) is 0 Å². The lowest BCUT2D eigenvalue weighted by atomic mass is 10.2. The fraction of sp³-hybridized carbons (Fsp3) is 0.333. The molecule has 0 radical (unpaired) electrons. The van der Waals surface area contributed by atoms with Gasteiger partial charge < -0.3 is 16.0 Å². The Labute approximate surface area is 101 Å². The number of nitrogen functional groups attached to an aromatic ring is 1. The minimum atomic E-state index is -0.0758. The van der Waals surface area contributed by atoms with Crippen molar-refractivity contribution in [3.63, 3.8) is 0 Å². The third-order valence-electron chi connectivity index (χ3n) is 2.34. The molecule has 0 aliphatic rings. The zero-order valence-corrected chi connectivity index (χ0v) is 10.3. The van der Waals surface area contributed by atoms with Crippen molar-refractivity contribution >= 4 is 28.8 Å². The minimum absolute atomic E-state index is 0.0360. The van der Waals surface area contributed by atoms with Crippen LogP contribution in [0.2, 0.25) is 0 Å². The second-order valence-electron chi connectivity index (χ2n) is 3.95. The summed E-state index contributed by atoms with van der Waals surface area (Å²) in [4.78, 5) is 23.6. The van der Waals surface area contributed by atoms with E-state index in [0.29, 0.717) is 11.4 Å². The van der Waals surface area contributed by atoms with E-state index in [1.54, 1.807) is 25.2 Å².